The largest absolute Gasteiger partial charge is 0.480 e. The Labute approximate surface area is 194 Å². The van der Waals surface area contributed by atoms with Crippen molar-refractivity contribution in [2.45, 2.75) is 77.5 Å². The van der Waals surface area contributed by atoms with Crippen LogP contribution < -0.4 is 27.4 Å². The minimum absolute atomic E-state index is 0.0318. The summed E-state index contributed by atoms with van der Waals surface area (Å²) >= 11 is 3.93. The third-order valence-corrected chi connectivity index (χ3v) is 5.33. The normalized spacial score (nSPS) is 15.7. The van der Waals surface area contributed by atoms with E-state index in [1.54, 1.807) is 6.92 Å². The number of primary amides is 1. The van der Waals surface area contributed by atoms with Crippen molar-refractivity contribution in [2.75, 3.05) is 5.75 Å². The van der Waals surface area contributed by atoms with Gasteiger partial charge in [0, 0.05) is 12.2 Å². The van der Waals surface area contributed by atoms with Gasteiger partial charge in [0.25, 0.3) is 0 Å². The number of hydrogen-bond donors (Lipinski definition) is 7. The first-order valence-corrected chi connectivity index (χ1v) is 11.3. The van der Waals surface area contributed by atoms with Crippen molar-refractivity contribution >= 4 is 42.2 Å². The molecule has 0 aromatic carbocycles. The molecular weight excluding hydrogens is 438 g/mol. The molecule has 5 unspecified atom stereocenters. The molecule has 0 spiro atoms. The summed E-state index contributed by atoms with van der Waals surface area (Å²) in [7, 11) is 0. The Morgan fingerprint density at radius 3 is 1.94 bits per heavy atom. The number of nitrogens with two attached hydrogens (primary N) is 2. The van der Waals surface area contributed by atoms with E-state index in [4.69, 9.17) is 16.6 Å². The van der Waals surface area contributed by atoms with Crippen LogP contribution in [0.1, 0.15) is 53.4 Å². The molecule has 0 aromatic heterocycles. The summed E-state index contributed by atoms with van der Waals surface area (Å²) in [6.45, 7) is 7.30. The first-order valence-electron chi connectivity index (χ1n) is 10.6. The lowest BCUT2D eigenvalue weighted by Crippen LogP contribution is -2.59. The van der Waals surface area contributed by atoms with Gasteiger partial charge in [0.15, 0.2) is 0 Å². The molecule has 0 aliphatic heterocycles. The van der Waals surface area contributed by atoms with E-state index in [0.717, 1.165) is 0 Å². The highest BCUT2D eigenvalue weighted by molar-refractivity contribution is 7.80. The van der Waals surface area contributed by atoms with Crippen LogP contribution in [0, 0.1) is 11.8 Å². The summed E-state index contributed by atoms with van der Waals surface area (Å²) in [6.07, 6.45) is 0.788. The van der Waals surface area contributed by atoms with E-state index in [1.165, 1.54) is 0 Å². The number of carbonyl (C=O) groups is 5. The van der Waals surface area contributed by atoms with Gasteiger partial charge >= 0.3 is 5.97 Å². The Morgan fingerprint density at radius 2 is 1.50 bits per heavy atom. The summed E-state index contributed by atoms with van der Waals surface area (Å²) in [5.41, 5.74) is 10.9. The monoisotopic (exact) mass is 475 g/mol. The van der Waals surface area contributed by atoms with Gasteiger partial charge in [-0.1, -0.05) is 34.1 Å². The van der Waals surface area contributed by atoms with Crippen molar-refractivity contribution in [3.63, 3.8) is 0 Å². The fourth-order valence-corrected chi connectivity index (χ4v) is 3.06. The summed E-state index contributed by atoms with van der Waals surface area (Å²) < 4.78 is 0. The summed E-state index contributed by atoms with van der Waals surface area (Å²) in [6, 6.07) is -4.21. The van der Waals surface area contributed by atoms with Crippen molar-refractivity contribution in [2.24, 2.45) is 23.3 Å². The van der Waals surface area contributed by atoms with Gasteiger partial charge in [0.1, 0.15) is 18.1 Å². The quantitative estimate of drug-likeness (QED) is 0.150. The van der Waals surface area contributed by atoms with Crippen molar-refractivity contribution in [3.05, 3.63) is 0 Å². The third-order valence-electron chi connectivity index (χ3n) is 4.97. The highest BCUT2D eigenvalue weighted by Crippen LogP contribution is 2.11. The minimum Gasteiger partial charge on any atom is -0.480 e. The fourth-order valence-electron chi connectivity index (χ4n) is 2.81. The maximum absolute atomic E-state index is 13.0. The van der Waals surface area contributed by atoms with E-state index in [-0.39, 0.29) is 36.9 Å². The zero-order chi connectivity index (χ0) is 25.0. The standard InChI is InChI=1S/C20H37N5O6S/c1-5-11(4)16(19(29)24-14(9-32)20(30)31)25-18(28)13(8-10(2)3)23-17(27)12(21)6-7-15(22)26/h10-14,16,32H,5-9,21H2,1-4H3,(H2,22,26)(H,23,27)(H,24,29)(H,25,28)(H,30,31). The van der Waals surface area contributed by atoms with E-state index in [1.807, 2.05) is 20.8 Å². The molecule has 0 bridgehead atoms. The van der Waals surface area contributed by atoms with Crippen LogP contribution in [0.15, 0.2) is 0 Å². The first kappa shape index (κ1) is 29.7. The average Bonchev–Trinajstić information content (AvgIpc) is 2.71. The lowest BCUT2D eigenvalue weighted by atomic mass is 9.96. The number of hydrogen-bond acceptors (Lipinski definition) is 7. The number of thiol groups is 1. The number of rotatable bonds is 15. The molecule has 32 heavy (non-hydrogen) atoms. The van der Waals surface area contributed by atoms with Crippen LogP contribution in [0.2, 0.25) is 0 Å². The molecule has 0 rings (SSSR count). The van der Waals surface area contributed by atoms with E-state index < -0.39 is 53.8 Å². The molecule has 0 aliphatic rings. The van der Waals surface area contributed by atoms with Crippen LogP contribution in [-0.2, 0) is 24.0 Å². The van der Waals surface area contributed by atoms with Gasteiger partial charge < -0.3 is 32.5 Å². The Hall–Kier alpha value is -2.34. The molecule has 0 radical (unpaired) electrons. The summed E-state index contributed by atoms with van der Waals surface area (Å²) in [4.78, 5) is 60.2. The number of nitrogens with one attached hydrogen (secondary N) is 3. The van der Waals surface area contributed by atoms with Gasteiger partial charge in [-0.15, -0.1) is 0 Å². The maximum atomic E-state index is 13.0. The van der Waals surface area contributed by atoms with E-state index in [2.05, 4.69) is 28.6 Å². The summed E-state index contributed by atoms with van der Waals surface area (Å²) in [5, 5.41) is 16.7. The van der Waals surface area contributed by atoms with Crippen LogP contribution in [0.25, 0.3) is 0 Å². The van der Waals surface area contributed by atoms with Gasteiger partial charge in [0.05, 0.1) is 6.04 Å². The smallest absolute Gasteiger partial charge is 0.327 e. The number of carbonyl (C=O) groups excluding carboxylic acids is 4. The second-order valence-electron chi connectivity index (χ2n) is 8.26. The molecule has 8 N–H and O–H groups in total. The molecule has 0 saturated carbocycles. The van der Waals surface area contributed by atoms with Gasteiger partial charge in [-0.2, -0.15) is 12.6 Å². The molecule has 5 atom stereocenters. The molecule has 0 fully saturated rings. The third kappa shape index (κ3) is 10.8. The minimum atomic E-state index is -1.24. The van der Waals surface area contributed by atoms with Crippen LogP contribution in [0.5, 0.6) is 0 Å². The predicted molar refractivity (Wildman–Crippen MR) is 123 cm³/mol. The SMILES string of the molecule is CCC(C)C(NC(=O)C(CC(C)C)NC(=O)C(N)CCC(N)=O)C(=O)NC(CS)C(=O)O. The highest BCUT2D eigenvalue weighted by atomic mass is 32.1. The molecule has 4 amide bonds. The maximum Gasteiger partial charge on any atom is 0.327 e. The Balaban J connectivity index is 5.44. The zero-order valence-corrected chi connectivity index (χ0v) is 20.0. The van der Waals surface area contributed by atoms with Crippen molar-refractivity contribution < 1.29 is 29.1 Å². The summed E-state index contributed by atoms with van der Waals surface area (Å²) in [5.74, 6) is -4.07. The fraction of sp³-hybridized carbons (Fsp3) is 0.750. The van der Waals surface area contributed by atoms with E-state index in [9.17, 15) is 24.0 Å². The predicted octanol–water partition coefficient (Wildman–Crippen LogP) is -0.860. The number of aliphatic carboxylic acids is 1. The van der Waals surface area contributed by atoms with Crippen molar-refractivity contribution in [1.82, 2.24) is 16.0 Å². The lowest BCUT2D eigenvalue weighted by molar-refractivity contribution is -0.142. The molecule has 0 saturated heterocycles. The van der Waals surface area contributed by atoms with Crippen molar-refractivity contribution in [3.8, 4) is 0 Å². The Kier molecular flexibility index (Phi) is 13.6. The Bertz CT molecular complexity index is 675. The topological polar surface area (TPSA) is 194 Å². The van der Waals surface area contributed by atoms with Crippen LogP contribution in [0.4, 0.5) is 0 Å². The highest BCUT2D eigenvalue weighted by Gasteiger charge is 2.32. The molecule has 0 aliphatic carbocycles. The second-order valence-corrected chi connectivity index (χ2v) is 8.62. The Morgan fingerprint density at radius 1 is 0.938 bits per heavy atom. The molecule has 184 valence electrons. The average molecular weight is 476 g/mol. The molecule has 12 heteroatoms. The molecular formula is C20H37N5O6S. The first-order chi connectivity index (χ1) is 14.8. The zero-order valence-electron chi connectivity index (χ0n) is 19.1. The number of amides is 4. The van der Waals surface area contributed by atoms with E-state index >= 15 is 0 Å². The van der Waals surface area contributed by atoms with Gasteiger partial charge in [-0.25, -0.2) is 4.79 Å². The van der Waals surface area contributed by atoms with Crippen molar-refractivity contribution in [1.29, 1.82) is 0 Å². The second kappa shape index (κ2) is 14.7. The van der Waals surface area contributed by atoms with Crippen LogP contribution in [0.3, 0.4) is 0 Å². The molecule has 11 nitrogen and oxygen atoms in total. The van der Waals surface area contributed by atoms with Gasteiger partial charge in [-0.05, 0) is 24.7 Å². The number of carboxylic acids is 1. The number of carboxylic acid groups (broad SMARTS) is 1. The molecule has 0 aromatic rings. The van der Waals surface area contributed by atoms with Crippen LogP contribution >= 0.6 is 12.6 Å². The van der Waals surface area contributed by atoms with Crippen LogP contribution in [-0.4, -0.2) is 64.6 Å². The lowest BCUT2D eigenvalue weighted by Gasteiger charge is -2.28. The van der Waals surface area contributed by atoms with Gasteiger partial charge in [-0.3, -0.25) is 19.2 Å². The molecule has 0 heterocycles. The van der Waals surface area contributed by atoms with Gasteiger partial charge in [0.2, 0.25) is 23.6 Å². The van der Waals surface area contributed by atoms with E-state index in [0.29, 0.717) is 6.42 Å².